The normalized spacial score (nSPS) is 19.8. The minimum atomic E-state index is -5.81. The topological polar surface area (TPSA) is 457 Å². The molecule has 0 bridgehead atoms. The SMILES string of the molecule is CCN1C(=CC=CC2=[N+](CCCCCC(=O)NCCSSCCC(=O)NCC#Cc3cn(C4CC(OCN=[N+]=[N-])C(COP(=O)(O)OP(=O)(O)OP(=O)(O)O)O4)c4ncnc(N)c34)c3ccc(S(=O)(=O)O)cc3C2(C)C)C(C)(C)c2cc(S(=O)(=O)O)ccc21. The zero-order chi connectivity index (χ0) is 65.3. The van der Waals surface area contributed by atoms with Gasteiger partial charge in [0.1, 0.15) is 43.4 Å². The summed E-state index contributed by atoms with van der Waals surface area (Å²) in [5, 5.41) is 9.29. The number of phosphoric acid groups is 3. The van der Waals surface area contributed by atoms with E-state index < -0.39 is 86.3 Å². The Kier molecular flexibility index (Phi) is 23.4. The van der Waals surface area contributed by atoms with Gasteiger partial charge in [-0.3, -0.25) is 23.2 Å². The number of amides is 2. The lowest BCUT2D eigenvalue weighted by Gasteiger charge is -2.25. The summed E-state index contributed by atoms with van der Waals surface area (Å²) in [4.78, 5) is 75.3. The Bertz CT molecular complexity index is 3960. The van der Waals surface area contributed by atoms with E-state index in [0.717, 1.165) is 28.3 Å². The number of carbonyl (C=O) groups is 2. The van der Waals surface area contributed by atoms with E-state index in [0.29, 0.717) is 73.3 Å². The molecule has 0 saturated carbocycles. The lowest BCUT2D eigenvalue weighted by molar-refractivity contribution is -0.438. The number of nitrogens with two attached hydrogens (primary N) is 1. The van der Waals surface area contributed by atoms with E-state index in [1.54, 1.807) is 12.1 Å². The average molecular weight is 1380 g/mol. The van der Waals surface area contributed by atoms with Gasteiger partial charge in [-0.2, -0.15) is 30.0 Å². The minimum absolute atomic E-state index is 0.0328. The number of ether oxygens (including phenoxy) is 2. The van der Waals surface area contributed by atoms with Crippen LogP contribution in [0.3, 0.4) is 0 Å². The quantitative estimate of drug-likeness (QED) is 0.00291. The number of azide groups is 1. The van der Waals surface area contributed by atoms with Gasteiger partial charge in [-0.05, 0) is 81.1 Å². The Balaban J connectivity index is 0.851. The first-order chi connectivity index (χ1) is 41.7. The molecule has 0 aliphatic carbocycles. The fourth-order valence-electron chi connectivity index (χ4n) is 10.4. The van der Waals surface area contributed by atoms with Gasteiger partial charge >= 0.3 is 23.5 Å². The average Bonchev–Trinajstić information content (AvgIpc) is 1.63. The van der Waals surface area contributed by atoms with Gasteiger partial charge in [0.15, 0.2) is 5.71 Å². The van der Waals surface area contributed by atoms with Crippen LogP contribution in [0.4, 0.5) is 17.2 Å². The molecular formula is C51H67N11O20P3S4+. The standard InChI is InChI=1S/C51H66N11O20P3S4/c1-6-60-38-18-16-34(88(72,73)74)26-36(38)50(2,3)42(60)13-10-14-43-51(4,5)37-27-35(89(75,76)77)17-19-39(37)61(43)23-9-7-8-15-44(63)55-22-25-87-86-24-20-45(64)54-21-11-12-33-29-62(49-47(33)48(52)56-31-57-49)46-28-40(78-32-58-59-53)41(80-46)30-79-84(68,69)82-85(70,71)81-83(65,66)67/h10,13-14,16-19,26-27,29,31,40-41,46H,6-9,15,20-25,28,30,32H2,1-5H3,(H9-,52,54,55,56,57,63,64,65,66,67,68,69,70,71,72,73,74,75,76,77)/p+1. The second kappa shape index (κ2) is 29.4. The number of unbranched alkanes of at least 4 members (excludes halogenated alkanes) is 2. The van der Waals surface area contributed by atoms with Crippen LogP contribution in [-0.2, 0) is 77.0 Å². The largest absolute Gasteiger partial charge is 0.490 e. The van der Waals surface area contributed by atoms with Crippen LogP contribution in [0.5, 0.6) is 0 Å². The summed E-state index contributed by atoms with van der Waals surface area (Å²) in [5.74, 6) is 6.53. The number of nitrogens with zero attached hydrogens (tertiary/aromatic N) is 8. The summed E-state index contributed by atoms with van der Waals surface area (Å²) in [6.07, 6.45) is 7.76. The number of hydrogen-bond acceptors (Lipinski definition) is 21. The summed E-state index contributed by atoms with van der Waals surface area (Å²) in [6.45, 7) is 10.0. The summed E-state index contributed by atoms with van der Waals surface area (Å²) in [5.41, 5.74) is 19.1. The molecule has 2 aromatic heterocycles. The van der Waals surface area contributed by atoms with Gasteiger partial charge in [0.2, 0.25) is 17.5 Å². The van der Waals surface area contributed by atoms with Gasteiger partial charge in [-0.1, -0.05) is 58.5 Å². The van der Waals surface area contributed by atoms with Gasteiger partial charge in [0.05, 0.1) is 45.4 Å². The number of nitrogens with one attached hydrogen (secondary N) is 2. The molecule has 2 amide bonds. The first kappa shape index (κ1) is 70.9. The fraction of sp³-hybridized carbons (Fsp3) is 0.471. The number of carbonyl (C=O) groups excluding carboxylic acids is 2. The highest BCUT2D eigenvalue weighted by Gasteiger charge is 2.47. The molecule has 484 valence electrons. The number of fused-ring (bicyclic) bond motifs is 3. The van der Waals surface area contributed by atoms with E-state index in [1.165, 1.54) is 62.9 Å². The predicted molar refractivity (Wildman–Crippen MR) is 329 cm³/mol. The highest BCUT2D eigenvalue weighted by molar-refractivity contribution is 8.76. The Hall–Kier alpha value is -5.53. The van der Waals surface area contributed by atoms with Crippen LogP contribution in [0.15, 0.2) is 87.8 Å². The molecule has 38 heteroatoms. The molecule has 4 aromatic rings. The van der Waals surface area contributed by atoms with Gasteiger partial charge in [-0.15, -0.1) is 0 Å². The van der Waals surface area contributed by atoms with Gasteiger partial charge < -0.3 is 54.9 Å². The molecule has 0 radical (unpaired) electrons. The van der Waals surface area contributed by atoms with Crippen molar-refractivity contribution in [2.45, 2.75) is 112 Å². The number of benzene rings is 2. The van der Waals surface area contributed by atoms with Crippen molar-refractivity contribution in [2.24, 2.45) is 5.11 Å². The molecule has 5 heterocycles. The van der Waals surface area contributed by atoms with Crippen LogP contribution >= 0.6 is 45.1 Å². The Labute approximate surface area is 520 Å². The number of anilines is 2. The van der Waals surface area contributed by atoms with Crippen LogP contribution < -0.4 is 21.3 Å². The van der Waals surface area contributed by atoms with E-state index in [-0.39, 0.29) is 52.5 Å². The van der Waals surface area contributed by atoms with E-state index in [1.807, 2.05) is 52.8 Å². The molecule has 2 aromatic carbocycles. The molecule has 31 nitrogen and oxygen atoms in total. The molecular weight excluding hydrogens is 1310 g/mol. The van der Waals surface area contributed by atoms with Crippen molar-refractivity contribution in [3.8, 4) is 11.8 Å². The number of allylic oxidation sites excluding steroid dienone is 4. The molecule has 5 unspecified atom stereocenters. The molecule has 3 aliphatic heterocycles. The third kappa shape index (κ3) is 18.4. The Morgan fingerprint density at radius 2 is 1.62 bits per heavy atom. The summed E-state index contributed by atoms with van der Waals surface area (Å²) in [6, 6.07) is 9.12. The summed E-state index contributed by atoms with van der Waals surface area (Å²) < 4.78 is 131. The molecule has 7 rings (SSSR count). The van der Waals surface area contributed by atoms with Crippen molar-refractivity contribution in [2.75, 3.05) is 61.7 Å². The molecule has 1 fully saturated rings. The van der Waals surface area contributed by atoms with Crippen LogP contribution in [0.2, 0.25) is 0 Å². The second-order valence-electron chi connectivity index (χ2n) is 21.1. The number of rotatable bonds is 30. The first-order valence-corrected chi connectivity index (χ1v) is 37.1. The second-order valence-corrected chi connectivity index (χ2v) is 31.1. The van der Waals surface area contributed by atoms with Crippen molar-refractivity contribution in [1.82, 2.24) is 25.2 Å². The zero-order valence-electron chi connectivity index (χ0n) is 48.5. The lowest BCUT2D eigenvalue weighted by atomic mass is 9.81. The van der Waals surface area contributed by atoms with Crippen LogP contribution in [0.1, 0.15) is 96.1 Å². The fourth-order valence-corrected chi connectivity index (χ4v) is 16.3. The zero-order valence-corrected chi connectivity index (χ0v) is 54.5. The molecule has 0 spiro atoms. The molecule has 3 aliphatic rings. The highest BCUT2D eigenvalue weighted by Crippen LogP contribution is 2.66. The Morgan fingerprint density at radius 1 is 0.933 bits per heavy atom. The van der Waals surface area contributed by atoms with Crippen molar-refractivity contribution >= 4 is 111 Å². The van der Waals surface area contributed by atoms with Crippen LogP contribution in [0, 0.1) is 11.8 Å². The lowest BCUT2D eigenvalue weighted by Crippen LogP contribution is -2.29. The van der Waals surface area contributed by atoms with Gasteiger partial charge in [0, 0.05) is 95.9 Å². The van der Waals surface area contributed by atoms with Gasteiger partial charge in [0.25, 0.3) is 20.2 Å². The smallest absolute Gasteiger partial charge is 0.383 e. The van der Waals surface area contributed by atoms with Crippen molar-refractivity contribution in [3.05, 3.63) is 100.0 Å². The molecule has 1 saturated heterocycles. The van der Waals surface area contributed by atoms with Crippen molar-refractivity contribution in [3.63, 3.8) is 0 Å². The van der Waals surface area contributed by atoms with Crippen molar-refractivity contribution in [1.29, 1.82) is 0 Å². The predicted octanol–water partition coefficient (Wildman–Crippen LogP) is 7.04. The van der Waals surface area contributed by atoms with E-state index in [4.69, 9.17) is 35.0 Å². The molecule has 89 heavy (non-hydrogen) atoms. The van der Waals surface area contributed by atoms with E-state index in [2.05, 4.69) is 60.6 Å². The number of aromatic nitrogens is 3. The number of hydrogen-bond donors (Lipinski definition) is 9. The first-order valence-electron chi connectivity index (χ1n) is 27.2. The summed E-state index contributed by atoms with van der Waals surface area (Å²) in [7, 11) is -23.0. The van der Waals surface area contributed by atoms with Crippen LogP contribution in [-0.4, -0.2) is 145 Å². The maximum Gasteiger partial charge on any atom is 0.490 e. The number of likely N-dealkylation sites (N-methyl/N-ethyl adjacent to an activating group) is 1. The minimum Gasteiger partial charge on any atom is -0.383 e. The third-order valence-corrected chi connectivity index (χ3v) is 22.3. The van der Waals surface area contributed by atoms with E-state index in [9.17, 15) is 59.0 Å². The van der Waals surface area contributed by atoms with E-state index >= 15 is 0 Å². The van der Waals surface area contributed by atoms with Crippen molar-refractivity contribution < 1.29 is 96.0 Å². The summed E-state index contributed by atoms with van der Waals surface area (Å²) >= 11 is 0. The van der Waals surface area contributed by atoms with Crippen LogP contribution in [0.25, 0.3) is 21.5 Å². The maximum atomic E-state index is 12.8. The molecule has 10 N–H and O–H groups in total. The third-order valence-electron chi connectivity index (χ3n) is 14.4. The molecule has 5 atom stereocenters. The Morgan fingerprint density at radius 3 is 2.30 bits per heavy atom. The maximum absolute atomic E-state index is 12.8. The number of nitrogen functional groups attached to an aromatic ring is 1. The van der Waals surface area contributed by atoms with Gasteiger partial charge in [-0.25, -0.2) is 23.7 Å². The number of phosphoric ester groups is 1. The highest BCUT2D eigenvalue weighted by atomic mass is 33.1. The monoisotopic (exact) mass is 1370 g/mol.